The number of benzene rings is 2. The average Bonchev–Trinajstić information content (AvgIpc) is 2.67. The van der Waals surface area contributed by atoms with Crippen molar-refractivity contribution in [1.82, 2.24) is 4.90 Å². The van der Waals surface area contributed by atoms with Crippen LogP contribution >= 0.6 is 0 Å². The van der Waals surface area contributed by atoms with Crippen molar-refractivity contribution >= 4 is 0 Å². The van der Waals surface area contributed by atoms with Gasteiger partial charge in [0.2, 0.25) is 0 Å². The third kappa shape index (κ3) is 6.89. The van der Waals surface area contributed by atoms with Crippen molar-refractivity contribution < 1.29 is 28.3 Å². The first-order chi connectivity index (χ1) is 12.3. The Labute approximate surface area is 170 Å². The Kier molecular flexibility index (Phi) is 11.6. The molecule has 2 atom stereocenters. The molecule has 0 aliphatic heterocycles. The van der Waals surface area contributed by atoms with Gasteiger partial charge in [-0.25, -0.2) is 0 Å². The SMILES string of the molecule is COCC[N-][C@H](c1ccccc1)[C@@H](c1ccccc1)N(C)CCOC.[Li+]. The molecule has 2 aromatic rings. The Balaban J connectivity index is 0.00000338. The van der Waals surface area contributed by atoms with Crippen LogP contribution in [0.25, 0.3) is 5.32 Å². The Hall–Kier alpha value is -1.12. The predicted molar refractivity (Wildman–Crippen MR) is 103 cm³/mol. The molecule has 0 radical (unpaired) electrons. The Bertz CT molecular complexity index is 583. The molecule has 0 saturated heterocycles. The first-order valence-corrected chi connectivity index (χ1v) is 8.72. The summed E-state index contributed by atoms with van der Waals surface area (Å²) in [6.45, 7) is 2.85. The van der Waals surface area contributed by atoms with Crippen LogP contribution in [0.5, 0.6) is 0 Å². The van der Waals surface area contributed by atoms with E-state index < -0.39 is 0 Å². The molecule has 2 aromatic carbocycles. The fraction of sp³-hybridized carbons (Fsp3) is 0.429. The molecular formula is C21H29LiN2O2. The number of nitrogens with zero attached hydrogens (tertiary/aromatic N) is 2. The molecule has 0 unspecified atom stereocenters. The summed E-state index contributed by atoms with van der Waals surface area (Å²) in [5, 5.41) is 4.98. The summed E-state index contributed by atoms with van der Waals surface area (Å²) in [7, 11) is 5.59. The van der Waals surface area contributed by atoms with Crippen LogP contribution in [0.3, 0.4) is 0 Å². The molecule has 0 N–H and O–H groups in total. The van der Waals surface area contributed by atoms with E-state index in [2.05, 4.69) is 66.5 Å². The molecule has 0 heterocycles. The van der Waals surface area contributed by atoms with E-state index in [1.807, 2.05) is 6.07 Å². The van der Waals surface area contributed by atoms with Crippen molar-refractivity contribution in [3.05, 3.63) is 77.1 Å². The fourth-order valence-corrected chi connectivity index (χ4v) is 3.02. The smallest absolute Gasteiger partial charge is 0.652 e. The van der Waals surface area contributed by atoms with Crippen LogP contribution in [-0.2, 0) is 9.47 Å². The van der Waals surface area contributed by atoms with Crippen LogP contribution in [0.1, 0.15) is 23.2 Å². The van der Waals surface area contributed by atoms with E-state index in [0.29, 0.717) is 19.8 Å². The van der Waals surface area contributed by atoms with Gasteiger partial charge in [0.25, 0.3) is 0 Å². The molecule has 0 aliphatic rings. The van der Waals surface area contributed by atoms with E-state index in [0.717, 1.165) is 6.54 Å². The quantitative estimate of drug-likeness (QED) is 0.450. The summed E-state index contributed by atoms with van der Waals surface area (Å²) >= 11 is 0. The summed E-state index contributed by atoms with van der Waals surface area (Å²) in [6, 6.07) is 21.3. The first kappa shape index (κ1) is 22.9. The van der Waals surface area contributed by atoms with Gasteiger partial charge in [0, 0.05) is 33.4 Å². The van der Waals surface area contributed by atoms with Crippen molar-refractivity contribution in [1.29, 1.82) is 0 Å². The number of hydrogen-bond donors (Lipinski definition) is 0. The molecule has 0 bridgehead atoms. The molecule has 0 fully saturated rings. The normalized spacial score (nSPS) is 13.2. The number of hydrogen-bond acceptors (Lipinski definition) is 3. The molecule has 0 amide bonds. The number of ether oxygens (including phenoxy) is 2. The molecule has 0 aliphatic carbocycles. The molecule has 0 spiro atoms. The molecule has 136 valence electrons. The van der Waals surface area contributed by atoms with Crippen molar-refractivity contribution in [2.45, 2.75) is 12.1 Å². The fourth-order valence-electron chi connectivity index (χ4n) is 3.02. The molecule has 0 saturated carbocycles. The van der Waals surface area contributed by atoms with Crippen LogP contribution in [0, 0.1) is 0 Å². The average molecular weight is 348 g/mol. The van der Waals surface area contributed by atoms with Gasteiger partial charge < -0.3 is 14.8 Å². The van der Waals surface area contributed by atoms with Crippen LogP contribution in [0.15, 0.2) is 60.7 Å². The molecule has 4 nitrogen and oxygen atoms in total. The minimum absolute atomic E-state index is 0. The van der Waals surface area contributed by atoms with Crippen LogP contribution in [0.2, 0.25) is 0 Å². The van der Waals surface area contributed by atoms with Gasteiger partial charge in [-0.2, -0.15) is 0 Å². The van der Waals surface area contributed by atoms with Crippen LogP contribution < -0.4 is 18.9 Å². The standard InChI is InChI=1S/C21H29N2O2.Li/c1-23(15-17-25-3)21(19-12-8-5-9-13-19)20(22-14-16-24-2)18-10-6-4-7-11-18;/h4-13,20-21H,14-17H2,1-3H3;/q-1;+1/t20-,21-;/m1./s1. The third-order valence-electron chi connectivity index (χ3n) is 4.33. The van der Waals surface area contributed by atoms with Crippen molar-refractivity contribution in [3.8, 4) is 0 Å². The van der Waals surface area contributed by atoms with E-state index in [-0.39, 0.29) is 30.9 Å². The van der Waals surface area contributed by atoms with Gasteiger partial charge in [0.1, 0.15) is 0 Å². The first-order valence-electron chi connectivity index (χ1n) is 8.72. The zero-order chi connectivity index (χ0) is 17.9. The maximum absolute atomic E-state index is 5.29. The Morgan fingerprint density at radius 1 is 0.846 bits per heavy atom. The van der Waals surface area contributed by atoms with Gasteiger partial charge in [-0.3, -0.25) is 4.90 Å². The van der Waals surface area contributed by atoms with Gasteiger partial charge in [-0.05, 0) is 12.6 Å². The predicted octanol–water partition coefficient (Wildman–Crippen LogP) is 1.07. The van der Waals surface area contributed by atoms with E-state index in [9.17, 15) is 0 Å². The second-order valence-electron chi connectivity index (χ2n) is 6.08. The summed E-state index contributed by atoms with van der Waals surface area (Å²) in [5.74, 6) is 0. The van der Waals surface area contributed by atoms with Crippen molar-refractivity contribution in [3.63, 3.8) is 0 Å². The number of rotatable bonds is 11. The van der Waals surface area contributed by atoms with Gasteiger partial charge in [0.05, 0.1) is 6.61 Å². The largest absolute Gasteiger partial charge is 1.00 e. The Morgan fingerprint density at radius 2 is 1.38 bits per heavy atom. The molecule has 5 heteroatoms. The molecule has 0 aromatic heterocycles. The maximum atomic E-state index is 5.29. The molecule has 2 rings (SSSR count). The molecular weight excluding hydrogens is 319 g/mol. The van der Waals surface area contributed by atoms with Gasteiger partial charge in [-0.1, -0.05) is 72.3 Å². The van der Waals surface area contributed by atoms with Gasteiger partial charge >= 0.3 is 18.9 Å². The Morgan fingerprint density at radius 3 is 1.92 bits per heavy atom. The second kappa shape index (κ2) is 13.1. The summed E-state index contributed by atoms with van der Waals surface area (Å²) < 4.78 is 10.5. The number of likely N-dealkylation sites (N-methyl/N-ethyl adjacent to an activating group) is 1. The maximum Gasteiger partial charge on any atom is 1.00 e. The van der Waals surface area contributed by atoms with E-state index in [1.54, 1.807) is 14.2 Å². The second-order valence-corrected chi connectivity index (χ2v) is 6.08. The summed E-state index contributed by atoms with van der Waals surface area (Å²) in [5.41, 5.74) is 2.48. The monoisotopic (exact) mass is 348 g/mol. The minimum Gasteiger partial charge on any atom is -0.652 e. The molecule has 26 heavy (non-hydrogen) atoms. The van der Waals surface area contributed by atoms with E-state index in [1.165, 1.54) is 11.1 Å². The van der Waals surface area contributed by atoms with Crippen LogP contribution in [0.4, 0.5) is 0 Å². The zero-order valence-electron chi connectivity index (χ0n) is 16.5. The minimum atomic E-state index is 0. The van der Waals surface area contributed by atoms with Crippen molar-refractivity contribution in [2.75, 3.05) is 47.6 Å². The zero-order valence-corrected chi connectivity index (χ0v) is 16.5. The van der Waals surface area contributed by atoms with E-state index in [4.69, 9.17) is 14.8 Å². The van der Waals surface area contributed by atoms with E-state index >= 15 is 0 Å². The topological polar surface area (TPSA) is 35.8 Å². The van der Waals surface area contributed by atoms with Gasteiger partial charge in [0.15, 0.2) is 0 Å². The van der Waals surface area contributed by atoms with Gasteiger partial charge in [-0.15, -0.1) is 6.54 Å². The van der Waals surface area contributed by atoms with Crippen LogP contribution in [-0.4, -0.2) is 52.5 Å². The van der Waals surface area contributed by atoms with Crippen molar-refractivity contribution in [2.24, 2.45) is 0 Å². The third-order valence-corrected chi connectivity index (χ3v) is 4.33. The number of methoxy groups -OCH3 is 2. The summed E-state index contributed by atoms with van der Waals surface area (Å²) in [4.78, 5) is 2.33. The summed E-state index contributed by atoms with van der Waals surface area (Å²) in [6.07, 6.45) is 0.